The first-order valence-corrected chi connectivity index (χ1v) is 7.44. The summed E-state index contributed by atoms with van der Waals surface area (Å²) in [4.78, 5) is 9.63. The smallest absolute Gasteiger partial charge is 0.198 e. The molecule has 0 saturated carbocycles. The largest absolute Gasteiger partial charge is 0.327 e. The van der Waals surface area contributed by atoms with E-state index in [9.17, 15) is 0 Å². The Morgan fingerprint density at radius 3 is 1.69 bits per heavy atom. The van der Waals surface area contributed by atoms with Gasteiger partial charge in [-0.1, -0.05) is 27.7 Å². The van der Waals surface area contributed by atoms with Crippen molar-refractivity contribution in [3.8, 4) is 0 Å². The van der Waals surface area contributed by atoms with Gasteiger partial charge in [0.2, 0.25) is 0 Å². The van der Waals surface area contributed by atoms with Crippen molar-refractivity contribution in [3.05, 3.63) is 0 Å². The number of rotatable bonds is 8. The van der Waals surface area contributed by atoms with Crippen molar-refractivity contribution in [3.63, 3.8) is 0 Å². The molecule has 0 spiro atoms. The van der Waals surface area contributed by atoms with Gasteiger partial charge >= 0.3 is 0 Å². The molecule has 13 heavy (non-hydrogen) atoms. The maximum atomic E-state index is 3.57. The Labute approximate surface area is 84.7 Å². The molecule has 0 rings (SSSR count). The normalized spacial score (nSPS) is 11.5. The highest BCUT2D eigenvalue weighted by molar-refractivity contribution is 6.53. The number of hydrogen-bond acceptors (Lipinski definition) is 3. The predicted octanol–water partition coefficient (Wildman–Crippen LogP) is 0.307. The third-order valence-corrected chi connectivity index (χ3v) is 4.92. The molecule has 0 aromatic rings. The number of hydrogen-bond donors (Lipinski definition) is 2. The number of nitrogens with one attached hydrogen (secondary N) is 2. The van der Waals surface area contributed by atoms with E-state index in [1.807, 2.05) is 0 Å². The third-order valence-electron chi connectivity index (χ3n) is 2.24. The van der Waals surface area contributed by atoms with Gasteiger partial charge in [-0.15, -0.1) is 0 Å². The monoisotopic (exact) mass is 203 g/mol. The summed E-state index contributed by atoms with van der Waals surface area (Å²) >= 11 is 0. The van der Waals surface area contributed by atoms with Gasteiger partial charge in [-0.05, 0) is 26.2 Å². The summed E-state index contributed by atoms with van der Waals surface area (Å²) in [6.45, 7) is 13.3. The van der Waals surface area contributed by atoms with Crippen LogP contribution in [0.1, 0.15) is 27.7 Å². The maximum Gasteiger partial charge on any atom is 0.198 e. The minimum Gasteiger partial charge on any atom is -0.327 e. The quantitative estimate of drug-likeness (QED) is 0.556. The molecule has 0 unspecified atom stereocenters. The molecule has 0 radical (unpaired) electrons. The van der Waals surface area contributed by atoms with Gasteiger partial charge in [0.05, 0.1) is 0 Å². The topological polar surface area (TPSA) is 27.3 Å². The van der Waals surface area contributed by atoms with Gasteiger partial charge in [0, 0.05) is 6.17 Å². The molecule has 2 N–H and O–H groups in total. The van der Waals surface area contributed by atoms with E-state index in [4.69, 9.17) is 0 Å². The Kier molecular flexibility index (Phi) is 8.75. The molecule has 0 heterocycles. The molecule has 0 saturated heterocycles. The second kappa shape index (κ2) is 8.68. The van der Waals surface area contributed by atoms with Crippen LogP contribution in [0.3, 0.4) is 0 Å². The van der Waals surface area contributed by atoms with Gasteiger partial charge in [-0.3, -0.25) is 0 Å². The molecule has 0 aromatic heterocycles. The third kappa shape index (κ3) is 6.21. The van der Waals surface area contributed by atoms with Crippen LogP contribution in [0, 0.1) is 0 Å². The van der Waals surface area contributed by atoms with E-state index in [1.54, 1.807) is 0 Å². The van der Waals surface area contributed by atoms with Gasteiger partial charge in [0.25, 0.3) is 0 Å². The van der Waals surface area contributed by atoms with Crippen LogP contribution in [-0.4, -0.2) is 46.4 Å². The molecule has 3 nitrogen and oxygen atoms in total. The van der Waals surface area contributed by atoms with Crippen molar-refractivity contribution >= 4 is 9.12 Å². The molecule has 0 bridgehead atoms. The molecule has 0 amide bonds. The second-order valence-corrected chi connectivity index (χ2v) is 5.44. The van der Waals surface area contributed by atoms with Crippen LogP contribution >= 0.6 is 0 Å². The molecule has 0 aliphatic rings. The average Bonchev–Trinajstić information content (AvgIpc) is 2.14. The second-order valence-electron chi connectivity index (χ2n) is 3.15. The Morgan fingerprint density at radius 2 is 1.38 bits per heavy atom. The summed E-state index contributed by atoms with van der Waals surface area (Å²) in [5.41, 5.74) is 0. The number of nitrogens with zero attached hydrogens (tertiary/aromatic N) is 1. The maximum absolute atomic E-state index is 3.57. The summed E-state index contributed by atoms with van der Waals surface area (Å²) in [7, 11) is -0.901. The zero-order valence-electron chi connectivity index (χ0n) is 9.56. The van der Waals surface area contributed by atoms with Gasteiger partial charge in [0.15, 0.2) is 9.12 Å². The van der Waals surface area contributed by atoms with E-state index in [0.717, 1.165) is 26.2 Å². The van der Waals surface area contributed by atoms with Crippen LogP contribution in [0.2, 0.25) is 0 Å². The van der Waals surface area contributed by atoms with E-state index < -0.39 is 9.12 Å². The first-order chi connectivity index (χ1) is 6.28. The zero-order valence-corrected chi connectivity index (χ0v) is 10.7. The Balaban J connectivity index is 3.76. The van der Waals surface area contributed by atoms with Crippen LogP contribution in [0.15, 0.2) is 0 Å². The van der Waals surface area contributed by atoms with Crippen molar-refractivity contribution in [1.29, 1.82) is 0 Å². The van der Waals surface area contributed by atoms with Gasteiger partial charge in [-0.2, -0.15) is 0 Å². The summed E-state index contributed by atoms with van der Waals surface area (Å²) in [6, 6.07) is 0. The first kappa shape index (κ1) is 13.1. The van der Waals surface area contributed by atoms with Crippen molar-refractivity contribution < 1.29 is 0 Å². The molecular formula is C9H25N3Si. The van der Waals surface area contributed by atoms with Crippen LogP contribution in [0.25, 0.3) is 0 Å². The Hall–Kier alpha value is 0.0969. The summed E-state index contributed by atoms with van der Waals surface area (Å²) < 4.78 is 0. The van der Waals surface area contributed by atoms with Crippen molar-refractivity contribution in [2.24, 2.45) is 0 Å². The molecular weight excluding hydrogens is 178 g/mol. The molecule has 0 aromatic carbocycles. The predicted molar refractivity (Wildman–Crippen MR) is 62.3 cm³/mol. The molecule has 0 aliphatic heterocycles. The lowest BCUT2D eigenvalue weighted by atomic mass is 10.6. The molecule has 0 fully saturated rings. The minimum absolute atomic E-state index is 0.901. The molecule has 0 atom stereocenters. The lowest BCUT2D eigenvalue weighted by Crippen LogP contribution is -2.54. The SMILES string of the molecule is CCN[SiH](CN(CC)CC)NCC. The zero-order chi connectivity index (χ0) is 10.1. The van der Waals surface area contributed by atoms with Gasteiger partial charge in [-0.25, -0.2) is 0 Å². The van der Waals surface area contributed by atoms with E-state index in [0.29, 0.717) is 0 Å². The first-order valence-electron chi connectivity index (χ1n) is 5.47. The average molecular weight is 203 g/mol. The van der Waals surface area contributed by atoms with Crippen molar-refractivity contribution in [2.75, 3.05) is 32.3 Å². The van der Waals surface area contributed by atoms with E-state index in [2.05, 4.69) is 42.6 Å². The summed E-state index contributed by atoms with van der Waals surface area (Å²) in [5, 5.41) is 0. The van der Waals surface area contributed by atoms with Crippen LogP contribution in [0.4, 0.5) is 0 Å². The highest BCUT2D eigenvalue weighted by Gasteiger charge is 2.11. The van der Waals surface area contributed by atoms with Crippen molar-refractivity contribution in [1.82, 2.24) is 14.9 Å². The van der Waals surface area contributed by atoms with Crippen molar-refractivity contribution in [2.45, 2.75) is 27.7 Å². The standard InChI is InChI=1S/C9H25N3Si/c1-5-10-13(11-6-2)9-12(7-3)8-4/h10-11,13H,5-9H2,1-4H3. The highest BCUT2D eigenvalue weighted by Crippen LogP contribution is 1.86. The van der Waals surface area contributed by atoms with Gasteiger partial charge < -0.3 is 14.9 Å². The van der Waals surface area contributed by atoms with E-state index in [-0.39, 0.29) is 0 Å². The Bertz CT molecular complexity index is 101. The fraction of sp³-hybridized carbons (Fsp3) is 1.00. The van der Waals surface area contributed by atoms with Crippen LogP contribution in [0.5, 0.6) is 0 Å². The van der Waals surface area contributed by atoms with Crippen LogP contribution < -0.4 is 9.96 Å². The van der Waals surface area contributed by atoms with E-state index >= 15 is 0 Å². The Morgan fingerprint density at radius 1 is 0.923 bits per heavy atom. The minimum atomic E-state index is -0.901. The molecule has 4 heteroatoms. The van der Waals surface area contributed by atoms with Crippen LogP contribution in [-0.2, 0) is 0 Å². The highest BCUT2D eigenvalue weighted by atomic mass is 28.3. The fourth-order valence-electron chi connectivity index (χ4n) is 1.43. The summed E-state index contributed by atoms with van der Waals surface area (Å²) in [5.74, 6) is 0. The molecule has 80 valence electrons. The summed E-state index contributed by atoms with van der Waals surface area (Å²) in [6.07, 6.45) is 1.23. The lowest BCUT2D eigenvalue weighted by molar-refractivity contribution is 0.346. The van der Waals surface area contributed by atoms with E-state index in [1.165, 1.54) is 6.17 Å². The van der Waals surface area contributed by atoms with Gasteiger partial charge in [0.1, 0.15) is 0 Å². The molecule has 0 aliphatic carbocycles. The fourth-order valence-corrected chi connectivity index (χ4v) is 3.86. The lowest BCUT2D eigenvalue weighted by Gasteiger charge is -2.24.